The fraction of sp³-hybridized carbons (Fsp3) is 0.700. The Morgan fingerprint density at radius 3 is 2.88 bits per heavy atom. The number of sulfonamides is 1. The molecule has 0 saturated heterocycles. The van der Waals surface area contributed by atoms with Gasteiger partial charge in [0.25, 0.3) is 0 Å². The maximum Gasteiger partial charge on any atom is 0.244 e. The summed E-state index contributed by atoms with van der Waals surface area (Å²) < 4.78 is 27.1. The molecule has 0 spiro atoms. The van der Waals surface area contributed by atoms with Gasteiger partial charge in [-0.05, 0) is 26.0 Å². The van der Waals surface area contributed by atoms with E-state index in [4.69, 9.17) is 0 Å². The van der Waals surface area contributed by atoms with Gasteiger partial charge in [0.15, 0.2) is 0 Å². The molecule has 1 saturated carbocycles. The molecule has 2 unspecified atom stereocenters. The van der Waals surface area contributed by atoms with Crippen molar-refractivity contribution in [2.24, 2.45) is 0 Å². The van der Waals surface area contributed by atoms with Crippen LogP contribution >= 0.6 is 11.8 Å². The number of aryl methyl sites for hydroxylation is 1. The molecule has 17 heavy (non-hydrogen) atoms. The van der Waals surface area contributed by atoms with Gasteiger partial charge >= 0.3 is 0 Å². The third kappa shape index (κ3) is 2.66. The van der Waals surface area contributed by atoms with Gasteiger partial charge in [0.2, 0.25) is 10.0 Å². The normalized spacial score (nSPS) is 25.3. The molecule has 0 aliphatic heterocycles. The van der Waals surface area contributed by atoms with E-state index in [9.17, 15) is 8.42 Å². The summed E-state index contributed by atoms with van der Waals surface area (Å²) >= 11 is 1.73. The van der Waals surface area contributed by atoms with Crippen molar-refractivity contribution in [3.05, 3.63) is 11.9 Å². The van der Waals surface area contributed by atoms with E-state index < -0.39 is 10.0 Å². The number of hydrogen-bond acceptors (Lipinski definition) is 4. The zero-order valence-electron chi connectivity index (χ0n) is 9.93. The van der Waals surface area contributed by atoms with E-state index in [1.54, 1.807) is 18.7 Å². The predicted octanol–water partition coefficient (Wildman–Crippen LogP) is 1.28. The average Bonchev–Trinajstić information content (AvgIpc) is 2.86. The van der Waals surface area contributed by atoms with Crippen LogP contribution in [0.15, 0.2) is 11.1 Å². The van der Waals surface area contributed by atoms with Gasteiger partial charge in [-0.3, -0.25) is 5.10 Å². The number of nitrogens with one attached hydrogen (secondary N) is 2. The van der Waals surface area contributed by atoms with Crippen LogP contribution < -0.4 is 4.72 Å². The van der Waals surface area contributed by atoms with E-state index in [-0.39, 0.29) is 10.9 Å². The molecule has 2 atom stereocenters. The third-order valence-corrected chi connectivity index (χ3v) is 5.91. The topological polar surface area (TPSA) is 74.8 Å². The van der Waals surface area contributed by atoms with Gasteiger partial charge in [-0.15, -0.1) is 0 Å². The van der Waals surface area contributed by atoms with E-state index >= 15 is 0 Å². The van der Waals surface area contributed by atoms with Gasteiger partial charge in [-0.2, -0.15) is 16.9 Å². The first-order valence-corrected chi connectivity index (χ1v) is 8.37. The van der Waals surface area contributed by atoms with Crippen LogP contribution in [0.3, 0.4) is 0 Å². The highest BCUT2D eigenvalue weighted by Crippen LogP contribution is 2.29. The number of rotatable bonds is 4. The van der Waals surface area contributed by atoms with E-state index in [0.717, 1.165) is 19.3 Å². The smallest absolute Gasteiger partial charge is 0.244 e. The quantitative estimate of drug-likeness (QED) is 0.868. The zero-order chi connectivity index (χ0) is 12.5. The van der Waals surface area contributed by atoms with Crippen LogP contribution in [0.2, 0.25) is 0 Å². The summed E-state index contributed by atoms with van der Waals surface area (Å²) in [7, 11) is -3.43. The fourth-order valence-electron chi connectivity index (χ4n) is 2.22. The van der Waals surface area contributed by atoms with Gasteiger partial charge in [-0.25, -0.2) is 13.1 Å². The Morgan fingerprint density at radius 1 is 1.53 bits per heavy atom. The molecular weight excluding hydrogens is 258 g/mol. The lowest BCUT2D eigenvalue weighted by atomic mass is 10.3. The lowest BCUT2D eigenvalue weighted by Gasteiger charge is -2.18. The average molecular weight is 275 g/mol. The van der Waals surface area contributed by atoms with Crippen LogP contribution in [0, 0.1) is 6.92 Å². The van der Waals surface area contributed by atoms with E-state index in [1.165, 1.54) is 6.20 Å². The largest absolute Gasteiger partial charge is 0.281 e. The first kappa shape index (κ1) is 12.9. The molecule has 2 N–H and O–H groups in total. The Bertz CT molecular complexity index is 483. The molecule has 0 aromatic carbocycles. The zero-order valence-corrected chi connectivity index (χ0v) is 11.6. The van der Waals surface area contributed by atoms with E-state index in [2.05, 4.69) is 14.9 Å². The Labute approximate surface area is 106 Å². The standard InChI is InChI=1S/C10H17N3O2S2/c1-7-10(6-11-12-7)17(14,15)13-8-4-3-5-9(8)16-2/h6,8-9,13H,3-5H2,1-2H3,(H,11,12). The van der Waals surface area contributed by atoms with Crippen LogP contribution in [-0.4, -0.2) is 36.2 Å². The van der Waals surface area contributed by atoms with Crippen molar-refractivity contribution >= 4 is 21.8 Å². The highest BCUT2D eigenvalue weighted by molar-refractivity contribution is 7.99. The lowest BCUT2D eigenvalue weighted by molar-refractivity contribution is 0.555. The Kier molecular flexibility index (Phi) is 3.79. The van der Waals surface area contributed by atoms with Crippen molar-refractivity contribution in [1.29, 1.82) is 0 Å². The van der Waals surface area contributed by atoms with Crippen molar-refractivity contribution in [2.75, 3.05) is 6.26 Å². The summed E-state index contributed by atoms with van der Waals surface area (Å²) in [5.41, 5.74) is 0.580. The summed E-state index contributed by atoms with van der Waals surface area (Å²) in [6.07, 6.45) is 6.48. The first-order valence-electron chi connectivity index (χ1n) is 5.59. The molecule has 5 nitrogen and oxygen atoms in total. The Hall–Kier alpha value is -0.530. The van der Waals surface area contributed by atoms with Crippen LogP contribution in [0.5, 0.6) is 0 Å². The molecular formula is C10H17N3O2S2. The van der Waals surface area contributed by atoms with Crippen molar-refractivity contribution in [2.45, 2.75) is 42.4 Å². The van der Waals surface area contributed by atoms with Crippen molar-refractivity contribution in [1.82, 2.24) is 14.9 Å². The minimum atomic E-state index is -3.43. The second-order valence-corrected chi connectivity index (χ2v) is 7.05. The summed E-state index contributed by atoms with van der Waals surface area (Å²) in [6.45, 7) is 1.71. The van der Waals surface area contributed by atoms with Gasteiger partial charge in [0.05, 0.1) is 11.9 Å². The van der Waals surface area contributed by atoms with Gasteiger partial charge in [0, 0.05) is 11.3 Å². The van der Waals surface area contributed by atoms with Crippen LogP contribution in [0.4, 0.5) is 0 Å². The SMILES string of the molecule is CSC1CCCC1NS(=O)(=O)c1cn[nH]c1C. The number of aromatic amines is 1. The molecule has 1 heterocycles. The van der Waals surface area contributed by atoms with E-state index in [0.29, 0.717) is 10.9 Å². The highest BCUT2D eigenvalue weighted by atomic mass is 32.2. The highest BCUT2D eigenvalue weighted by Gasteiger charge is 2.31. The van der Waals surface area contributed by atoms with Crippen LogP contribution in [0.25, 0.3) is 0 Å². The molecule has 0 radical (unpaired) electrons. The molecule has 1 fully saturated rings. The molecule has 1 aliphatic rings. The lowest BCUT2D eigenvalue weighted by Crippen LogP contribution is -2.38. The molecule has 2 rings (SSSR count). The molecule has 7 heteroatoms. The number of thioether (sulfide) groups is 1. The minimum Gasteiger partial charge on any atom is -0.281 e. The third-order valence-electron chi connectivity index (χ3n) is 3.14. The second kappa shape index (κ2) is 4.99. The minimum absolute atomic E-state index is 0.0456. The van der Waals surface area contributed by atoms with Crippen molar-refractivity contribution in [3.63, 3.8) is 0 Å². The number of H-pyrrole nitrogens is 1. The summed E-state index contributed by atoms with van der Waals surface area (Å²) in [6, 6.07) is 0.0456. The maximum absolute atomic E-state index is 12.2. The van der Waals surface area contributed by atoms with E-state index in [1.807, 2.05) is 6.26 Å². The molecule has 1 aromatic heterocycles. The van der Waals surface area contributed by atoms with Crippen LogP contribution in [0.1, 0.15) is 25.0 Å². The monoisotopic (exact) mass is 275 g/mol. The molecule has 1 aliphatic carbocycles. The van der Waals surface area contributed by atoms with Gasteiger partial charge in [-0.1, -0.05) is 6.42 Å². The van der Waals surface area contributed by atoms with Crippen LogP contribution in [-0.2, 0) is 10.0 Å². The molecule has 96 valence electrons. The van der Waals surface area contributed by atoms with Crippen molar-refractivity contribution < 1.29 is 8.42 Å². The Balaban J connectivity index is 2.16. The second-order valence-electron chi connectivity index (χ2n) is 4.29. The number of aromatic nitrogens is 2. The summed E-state index contributed by atoms with van der Waals surface area (Å²) in [5, 5.41) is 6.79. The number of hydrogen-bond donors (Lipinski definition) is 2. The predicted molar refractivity (Wildman–Crippen MR) is 68.6 cm³/mol. The summed E-state index contributed by atoms with van der Waals surface area (Å²) in [4.78, 5) is 0.254. The summed E-state index contributed by atoms with van der Waals surface area (Å²) in [5.74, 6) is 0. The first-order chi connectivity index (χ1) is 8.04. The van der Waals surface area contributed by atoms with Gasteiger partial charge < -0.3 is 0 Å². The van der Waals surface area contributed by atoms with Crippen molar-refractivity contribution in [3.8, 4) is 0 Å². The number of nitrogens with zero attached hydrogens (tertiary/aromatic N) is 1. The Morgan fingerprint density at radius 2 is 2.29 bits per heavy atom. The maximum atomic E-state index is 12.2. The van der Waals surface area contributed by atoms with Gasteiger partial charge in [0.1, 0.15) is 4.90 Å². The molecule has 1 aromatic rings. The molecule has 0 bridgehead atoms. The fourth-order valence-corrected chi connectivity index (χ4v) is 4.69. The molecule has 0 amide bonds.